The molecule has 0 bridgehead atoms. The summed E-state index contributed by atoms with van der Waals surface area (Å²) in [6.07, 6.45) is -0.0544. The van der Waals surface area contributed by atoms with E-state index in [1.165, 1.54) is 0 Å². The van der Waals surface area contributed by atoms with Gasteiger partial charge in [-0.2, -0.15) is 0 Å². The highest BCUT2D eigenvalue weighted by molar-refractivity contribution is 6.35. The van der Waals surface area contributed by atoms with E-state index in [4.69, 9.17) is 27.9 Å². The van der Waals surface area contributed by atoms with Crippen molar-refractivity contribution < 1.29 is 9.53 Å². The minimum absolute atomic E-state index is 0.259. The van der Waals surface area contributed by atoms with Gasteiger partial charge in [0.1, 0.15) is 5.75 Å². The van der Waals surface area contributed by atoms with Crippen LogP contribution in [0.25, 0.3) is 0 Å². The third-order valence-electron chi connectivity index (χ3n) is 2.87. The number of nitrogens with one attached hydrogen (secondary N) is 1. The summed E-state index contributed by atoms with van der Waals surface area (Å²) in [5, 5.41) is 3.68. The van der Waals surface area contributed by atoms with Crippen molar-refractivity contribution in [3.63, 3.8) is 0 Å². The highest BCUT2D eigenvalue weighted by Gasteiger charge is 2.19. The van der Waals surface area contributed by atoms with Gasteiger partial charge in [-0.05, 0) is 36.8 Å². The van der Waals surface area contributed by atoms with Crippen LogP contribution in [-0.2, 0) is 4.79 Å². The Morgan fingerprint density at radius 2 is 1.90 bits per heavy atom. The van der Waals surface area contributed by atoms with Crippen LogP contribution >= 0.6 is 23.2 Å². The molecule has 2 rings (SSSR count). The second-order valence-corrected chi connectivity index (χ2v) is 5.28. The van der Waals surface area contributed by atoms with Crippen molar-refractivity contribution in [1.29, 1.82) is 0 Å². The molecule has 1 N–H and O–H groups in total. The number of carbonyl (C=O) groups is 1. The highest BCUT2D eigenvalue weighted by atomic mass is 35.5. The Labute approximate surface area is 133 Å². The van der Waals surface area contributed by atoms with E-state index in [-0.39, 0.29) is 5.91 Å². The summed E-state index contributed by atoms with van der Waals surface area (Å²) in [4.78, 5) is 12.3. The summed E-state index contributed by atoms with van der Waals surface area (Å²) in [6.45, 7) is 1.88. The average molecular weight is 324 g/mol. The van der Waals surface area contributed by atoms with Gasteiger partial charge >= 0.3 is 0 Å². The smallest absolute Gasteiger partial charge is 0.265 e. The Hall–Kier alpha value is -1.71. The first-order valence-electron chi connectivity index (χ1n) is 6.57. The molecule has 3 nitrogen and oxygen atoms in total. The number of para-hydroxylation sites is 1. The van der Waals surface area contributed by atoms with Crippen LogP contribution in [0.5, 0.6) is 5.75 Å². The van der Waals surface area contributed by atoms with Crippen LogP contribution < -0.4 is 10.1 Å². The summed E-state index contributed by atoms with van der Waals surface area (Å²) in [6, 6.07) is 14.1. The second kappa shape index (κ2) is 7.34. The number of amides is 1. The zero-order chi connectivity index (χ0) is 15.2. The van der Waals surface area contributed by atoms with Crippen LogP contribution in [0.1, 0.15) is 13.3 Å². The molecule has 5 heteroatoms. The summed E-state index contributed by atoms with van der Waals surface area (Å²) < 4.78 is 5.68. The van der Waals surface area contributed by atoms with Crippen molar-refractivity contribution in [2.75, 3.05) is 5.32 Å². The van der Waals surface area contributed by atoms with Gasteiger partial charge in [0, 0.05) is 5.02 Å². The molecule has 0 saturated heterocycles. The zero-order valence-electron chi connectivity index (χ0n) is 11.5. The molecular weight excluding hydrogens is 309 g/mol. The maximum Gasteiger partial charge on any atom is 0.265 e. The summed E-state index contributed by atoms with van der Waals surface area (Å²) >= 11 is 11.9. The van der Waals surface area contributed by atoms with E-state index in [1.54, 1.807) is 18.2 Å². The summed E-state index contributed by atoms with van der Waals surface area (Å²) in [7, 11) is 0. The molecule has 1 atom stereocenters. The minimum atomic E-state index is -0.595. The third-order valence-corrected chi connectivity index (χ3v) is 3.44. The lowest BCUT2D eigenvalue weighted by Gasteiger charge is -2.17. The van der Waals surface area contributed by atoms with E-state index in [0.29, 0.717) is 27.9 Å². The molecule has 2 aromatic rings. The molecule has 0 aliphatic heterocycles. The molecule has 0 aliphatic rings. The van der Waals surface area contributed by atoms with Gasteiger partial charge in [0.15, 0.2) is 6.10 Å². The molecule has 0 saturated carbocycles. The first-order chi connectivity index (χ1) is 10.1. The number of hydrogen-bond donors (Lipinski definition) is 1. The van der Waals surface area contributed by atoms with E-state index in [9.17, 15) is 4.79 Å². The van der Waals surface area contributed by atoms with Gasteiger partial charge in [-0.3, -0.25) is 4.79 Å². The van der Waals surface area contributed by atoms with E-state index in [1.807, 2.05) is 37.3 Å². The number of rotatable bonds is 5. The Bertz CT molecular complexity index is 617. The SMILES string of the molecule is CC[C@H](Oc1ccccc1)C(=O)Nc1cc(Cl)ccc1Cl. The fourth-order valence-electron chi connectivity index (χ4n) is 1.79. The monoisotopic (exact) mass is 323 g/mol. The summed E-state index contributed by atoms with van der Waals surface area (Å²) in [5.41, 5.74) is 0.476. The molecule has 2 aromatic carbocycles. The Morgan fingerprint density at radius 3 is 2.57 bits per heavy atom. The normalized spacial score (nSPS) is 11.8. The number of halogens is 2. The number of anilines is 1. The van der Waals surface area contributed by atoms with Crippen molar-refractivity contribution in [3.05, 3.63) is 58.6 Å². The van der Waals surface area contributed by atoms with Crippen molar-refractivity contribution in [2.24, 2.45) is 0 Å². The van der Waals surface area contributed by atoms with Gasteiger partial charge in [0.05, 0.1) is 10.7 Å². The van der Waals surface area contributed by atoms with Crippen LogP contribution in [0.2, 0.25) is 10.0 Å². The van der Waals surface area contributed by atoms with Gasteiger partial charge in [0.25, 0.3) is 5.91 Å². The predicted octanol–water partition coefficient (Wildman–Crippen LogP) is 4.79. The molecule has 0 heterocycles. The van der Waals surface area contributed by atoms with Crippen molar-refractivity contribution >= 4 is 34.8 Å². The van der Waals surface area contributed by atoms with Crippen LogP contribution in [0.3, 0.4) is 0 Å². The standard InChI is InChI=1S/C16H15Cl2NO2/c1-2-15(21-12-6-4-3-5-7-12)16(20)19-14-10-11(17)8-9-13(14)18/h3-10,15H,2H2,1H3,(H,19,20)/t15-/m0/s1. The van der Waals surface area contributed by atoms with Gasteiger partial charge < -0.3 is 10.1 Å². The third kappa shape index (κ3) is 4.38. The molecule has 21 heavy (non-hydrogen) atoms. The average Bonchev–Trinajstić information content (AvgIpc) is 2.49. The second-order valence-electron chi connectivity index (χ2n) is 4.44. The fourth-order valence-corrected chi connectivity index (χ4v) is 2.13. The zero-order valence-corrected chi connectivity index (χ0v) is 13.0. The summed E-state index contributed by atoms with van der Waals surface area (Å²) in [5.74, 6) is 0.391. The Kier molecular flexibility index (Phi) is 5.48. The van der Waals surface area contributed by atoms with Crippen molar-refractivity contribution in [1.82, 2.24) is 0 Å². The first kappa shape index (κ1) is 15.7. The number of benzene rings is 2. The van der Waals surface area contributed by atoms with E-state index >= 15 is 0 Å². The first-order valence-corrected chi connectivity index (χ1v) is 7.33. The fraction of sp³-hybridized carbons (Fsp3) is 0.188. The Morgan fingerprint density at radius 1 is 1.19 bits per heavy atom. The Balaban J connectivity index is 2.08. The molecular formula is C16H15Cl2NO2. The van der Waals surface area contributed by atoms with E-state index in [2.05, 4.69) is 5.32 Å². The van der Waals surface area contributed by atoms with Crippen LogP contribution in [-0.4, -0.2) is 12.0 Å². The highest BCUT2D eigenvalue weighted by Crippen LogP contribution is 2.26. The molecule has 0 unspecified atom stereocenters. The van der Waals surface area contributed by atoms with Crippen LogP contribution in [0, 0.1) is 0 Å². The quantitative estimate of drug-likeness (QED) is 0.859. The maximum atomic E-state index is 12.3. The lowest BCUT2D eigenvalue weighted by Crippen LogP contribution is -2.32. The van der Waals surface area contributed by atoms with Gasteiger partial charge in [-0.1, -0.05) is 48.3 Å². The molecule has 0 radical (unpaired) electrons. The molecule has 1 amide bonds. The minimum Gasteiger partial charge on any atom is -0.481 e. The number of carbonyl (C=O) groups excluding carboxylic acids is 1. The molecule has 110 valence electrons. The van der Waals surface area contributed by atoms with Gasteiger partial charge in [-0.25, -0.2) is 0 Å². The molecule has 0 spiro atoms. The van der Waals surface area contributed by atoms with E-state index < -0.39 is 6.10 Å². The van der Waals surface area contributed by atoms with Crippen molar-refractivity contribution in [2.45, 2.75) is 19.4 Å². The topological polar surface area (TPSA) is 38.3 Å². The van der Waals surface area contributed by atoms with Gasteiger partial charge in [0.2, 0.25) is 0 Å². The largest absolute Gasteiger partial charge is 0.481 e. The number of ether oxygens (including phenoxy) is 1. The van der Waals surface area contributed by atoms with Crippen LogP contribution in [0.15, 0.2) is 48.5 Å². The number of hydrogen-bond acceptors (Lipinski definition) is 2. The van der Waals surface area contributed by atoms with Crippen LogP contribution in [0.4, 0.5) is 5.69 Å². The molecule has 0 aromatic heterocycles. The van der Waals surface area contributed by atoms with Crippen molar-refractivity contribution in [3.8, 4) is 5.75 Å². The lowest BCUT2D eigenvalue weighted by molar-refractivity contribution is -0.122. The molecule has 0 aliphatic carbocycles. The maximum absolute atomic E-state index is 12.3. The van der Waals surface area contributed by atoms with Gasteiger partial charge in [-0.15, -0.1) is 0 Å². The lowest BCUT2D eigenvalue weighted by atomic mass is 10.2. The predicted molar refractivity (Wildman–Crippen MR) is 86.2 cm³/mol. The van der Waals surface area contributed by atoms with E-state index in [0.717, 1.165) is 0 Å². The molecule has 0 fully saturated rings.